The standard InChI is InChI=1S/C19H28N2O5/c1-2-3-4-5-6-7-8-14-9-13-11-21(19(24)20-18(13)25-14)17-10-15(23)16(12-22)26-17/h9,11,15-17,22-23H,2-8,10,12H2,1H3/t15-,16-,17+/m0/s1. The average Bonchev–Trinajstić information content (AvgIpc) is 3.19. The van der Waals surface area contributed by atoms with Gasteiger partial charge in [0, 0.05) is 19.0 Å². The van der Waals surface area contributed by atoms with Crippen LogP contribution in [0.3, 0.4) is 0 Å². The number of aromatic nitrogens is 2. The summed E-state index contributed by atoms with van der Waals surface area (Å²) in [5.41, 5.74) is -0.141. The maximum atomic E-state index is 12.3. The molecule has 0 saturated carbocycles. The summed E-state index contributed by atoms with van der Waals surface area (Å²) < 4.78 is 12.6. The molecule has 0 aliphatic carbocycles. The molecule has 1 aliphatic rings. The summed E-state index contributed by atoms with van der Waals surface area (Å²) in [7, 11) is 0. The highest BCUT2D eigenvalue weighted by molar-refractivity contribution is 5.72. The summed E-state index contributed by atoms with van der Waals surface area (Å²) in [6, 6.07) is 1.92. The number of hydrogen-bond donors (Lipinski definition) is 2. The van der Waals surface area contributed by atoms with Crippen molar-refractivity contribution in [3.8, 4) is 0 Å². The molecule has 1 aliphatic heterocycles. The SMILES string of the molecule is CCCCCCCCc1cc2cn([C@H]3C[C@H](O)[C@H](CO)O3)c(=O)nc2o1. The molecule has 2 aromatic heterocycles. The smallest absolute Gasteiger partial charge is 0.353 e. The van der Waals surface area contributed by atoms with Gasteiger partial charge in [0.1, 0.15) is 18.1 Å². The van der Waals surface area contributed by atoms with Gasteiger partial charge in [0.25, 0.3) is 0 Å². The second-order valence-corrected chi connectivity index (χ2v) is 7.04. The van der Waals surface area contributed by atoms with Crippen molar-refractivity contribution in [1.82, 2.24) is 9.55 Å². The van der Waals surface area contributed by atoms with Crippen LogP contribution in [0.4, 0.5) is 0 Å². The number of nitrogens with zero attached hydrogens (tertiary/aromatic N) is 2. The molecule has 3 heterocycles. The molecule has 0 radical (unpaired) electrons. The van der Waals surface area contributed by atoms with Crippen LogP contribution in [-0.2, 0) is 11.2 Å². The number of aryl methyl sites for hydroxylation is 1. The van der Waals surface area contributed by atoms with Gasteiger partial charge in [-0.05, 0) is 12.5 Å². The second-order valence-electron chi connectivity index (χ2n) is 7.04. The summed E-state index contributed by atoms with van der Waals surface area (Å²) in [6.07, 6.45) is 7.95. The zero-order valence-electron chi connectivity index (χ0n) is 15.3. The molecule has 3 atom stereocenters. The number of ether oxygens (including phenoxy) is 1. The minimum Gasteiger partial charge on any atom is -0.443 e. The van der Waals surface area contributed by atoms with E-state index in [-0.39, 0.29) is 13.0 Å². The molecule has 7 heteroatoms. The molecule has 144 valence electrons. The van der Waals surface area contributed by atoms with Crippen molar-refractivity contribution in [3.63, 3.8) is 0 Å². The van der Waals surface area contributed by atoms with E-state index in [0.717, 1.165) is 24.0 Å². The van der Waals surface area contributed by atoms with Crippen LogP contribution in [0, 0.1) is 0 Å². The minimum atomic E-state index is -0.791. The Balaban J connectivity index is 1.66. The average molecular weight is 364 g/mol. The Morgan fingerprint density at radius 3 is 2.77 bits per heavy atom. The predicted octanol–water partition coefficient (Wildman–Crippen LogP) is 2.53. The van der Waals surface area contributed by atoms with Crippen molar-refractivity contribution in [3.05, 3.63) is 28.5 Å². The molecule has 3 rings (SSSR count). The quantitative estimate of drug-likeness (QED) is 0.664. The van der Waals surface area contributed by atoms with E-state index >= 15 is 0 Å². The van der Waals surface area contributed by atoms with Gasteiger partial charge >= 0.3 is 5.69 Å². The maximum absolute atomic E-state index is 12.3. The normalized spacial score (nSPS) is 23.1. The van der Waals surface area contributed by atoms with Gasteiger partial charge in [-0.2, -0.15) is 4.98 Å². The van der Waals surface area contributed by atoms with E-state index < -0.39 is 24.1 Å². The largest absolute Gasteiger partial charge is 0.443 e. The molecular weight excluding hydrogens is 336 g/mol. The first-order valence-electron chi connectivity index (χ1n) is 9.58. The molecule has 0 unspecified atom stereocenters. The zero-order valence-corrected chi connectivity index (χ0v) is 15.3. The van der Waals surface area contributed by atoms with E-state index in [0.29, 0.717) is 5.71 Å². The lowest BCUT2D eigenvalue weighted by Gasteiger charge is -2.13. The van der Waals surface area contributed by atoms with Gasteiger partial charge in [0.05, 0.1) is 18.1 Å². The highest BCUT2D eigenvalue weighted by Gasteiger charge is 2.35. The topological polar surface area (TPSA) is 97.7 Å². The van der Waals surface area contributed by atoms with Crippen molar-refractivity contribution < 1.29 is 19.4 Å². The molecule has 2 N–H and O–H groups in total. The van der Waals surface area contributed by atoms with Crippen LogP contribution in [0.25, 0.3) is 11.1 Å². The summed E-state index contributed by atoms with van der Waals surface area (Å²) in [5, 5.41) is 19.8. The molecule has 7 nitrogen and oxygen atoms in total. The van der Waals surface area contributed by atoms with Crippen LogP contribution < -0.4 is 5.69 Å². The van der Waals surface area contributed by atoms with Crippen molar-refractivity contribution in [2.75, 3.05) is 6.61 Å². The molecule has 2 aromatic rings. The number of unbranched alkanes of at least 4 members (excludes halogenated alkanes) is 5. The number of hydrogen-bond acceptors (Lipinski definition) is 6. The van der Waals surface area contributed by atoms with E-state index in [1.165, 1.54) is 36.7 Å². The first-order chi connectivity index (χ1) is 12.6. The van der Waals surface area contributed by atoms with E-state index in [2.05, 4.69) is 11.9 Å². The molecular formula is C19H28N2O5. The van der Waals surface area contributed by atoms with Crippen LogP contribution in [0.5, 0.6) is 0 Å². The van der Waals surface area contributed by atoms with Crippen molar-refractivity contribution in [1.29, 1.82) is 0 Å². The third-order valence-electron chi connectivity index (χ3n) is 4.96. The van der Waals surface area contributed by atoms with Crippen molar-refractivity contribution in [2.45, 2.75) is 76.7 Å². The highest BCUT2D eigenvalue weighted by Crippen LogP contribution is 2.28. The Hall–Kier alpha value is -1.70. The Labute approximate surface area is 152 Å². The number of aliphatic hydroxyl groups excluding tert-OH is 2. The second kappa shape index (κ2) is 8.79. The van der Waals surface area contributed by atoms with Gasteiger partial charge in [0.15, 0.2) is 0 Å². The van der Waals surface area contributed by atoms with E-state index in [4.69, 9.17) is 9.15 Å². The van der Waals surface area contributed by atoms with Gasteiger partial charge < -0.3 is 19.4 Å². The molecule has 1 fully saturated rings. The summed E-state index contributed by atoms with van der Waals surface area (Å²) in [6.45, 7) is 1.93. The zero-order chi connectivity index (χ0) is 18.5. The van der Waals surface area contributed by atoms with Gasteiger partial charge in [-0.1, -0.05) is 39.0 Å². The minimum absolute atomic E-state index is 0.251. The van der Waals surface area contributed by atoms with Gasteiger partial charge in [0.2, 0.25) is 5.71 Å². The van der Waals surface area contributed by atoms with Gasteiger partial charge in [-0.15, -0.1) is 0 Å². The summed E-state index contributed by atoms with van der Waals surface area (Å²) >= 11 is 0. The van der Waals surface area contributed by atoms with Crippen molar-refractivity contribution >= 4 is 11.1 Å². The third kappa shape index (κ3) is 4.34. The third-order valence-corrected chi connectivity index (χ3v) is 4.96. The predicted molar refractivity (Wildman–Crippen MR) is 97.0 cm³/mol. The molecule has 0 bridgehead atoms. The molecule has 0 amide bonds. The maximum Gasteiger partial charge on any atom is 0.353 e. The molecule has 1 saturated heterocycles. The Bertz CT molecular complexity index is 769. The summed E-state index contributed by atoms with van der Waals surface area (Å²) in [4.78, 5) is 16.3. The monoisotopic (exact) mass is 364 g/mol. The van der Waals surface area contributed by atoms with Crippen LogP contribution in [0.1, 0.15) is 63.9 Å². The van der Waals surface area contributed by atoms with Gasteiger partial charge in [-0.25, -0.2) is 4.79 Å². The number of fused-ring (bicyclic) bond motifs is 1. The fraction of sp³-hybridized carbons (Fsp3) is 0.684. The molecule has 0 aromatic carbocycles. The fourth-order valence-corrected chi connectivity index (χ4v) is 3.44. The fourth-order valence-electron chi connectivity index (χ4n) is 3.44. The Kier molecular flexibility index (Phi) is 6.45. The van der Waals surface area contributed by atoms with E-state index in [1.807, 2.05) is 6.07 Å². The van der Waals surface area contributed by atoms with Crippen LogP contribution in [-0.4, -0.2) is 38.6 Å². The van der Waals surface area contributed by atoms with Gasteiger partial charge in [-0.3, -0.25) is 4.57 Å². The van der Waals surface area contributed by atoms with E-state index in [9.17, 15) is 15.0 Å². The number of rotatable bonds is 9. The number of furan rings is 1. The van der Waals surface area contributed by atoms with E-state index in [1.54, 1.807) is 6.20 Å². The first kappa shape index (κ1) is 19.1. The summed E-state index contributed by atoms with van der Waals surface area (Å²) in [5.74, 6) is 0.834. The first-order valence-corrected chi connectivity index (χ1v) is 9.58. The van der Waals surface area contributed by atoms with Crippen LogP contribution in [0.2, 0.25) is 0 Å². The number of aliphatic hydroxyl groups is 2. The van der Waals surface area contributed by atoms with Crippen LogP contribution in [0.15, 0.2) is 21.5 Å². The highest BCUT2D eigenvalue weighted by atomic mass is 16.5. The lowest BCUT2D eigenvalue weighted by atomic mass is 10.1. The lowest BCUT2D eigenvalue weighted by molar-refractivity contribution is -0.0457. The molecule has 26 heavy (non-hydrogen) atoms. The van der Waals surface area contributed by atoms with Crippen molar-refractivity contribution in [2.24, 2.45) is 0 Å². The molecule has 0 spiro atoms. The van der Waals surface area contributed by atoms with Crippen LogP contribution >= 0.6 is 0 Å². The Morgan fingerprint density at radius 1 is 1.27 bits per heavy atom. The Morgan fingerprint density at radius 2 is 2.04 bits per heavy atom. The lowest BCUT2D eigenvalue weighted by Crippen LogP contribution is -2.27.